The van der Waals surface area contributed by atoms with Gasteiger partial charge in [0.15, 0.2) is 5.78 Å². The molecule has 2 N–H and O–H groups in total. The molecule has 0 aromatic heterocycles. The number of alkyl carbamates (subject to hydrolysis) is 1. The molecule has 5 heteroatoms. The first kappa shape index (κ1) is 26.3. The molecule has 36 heavy (non-hydrogen) atoms. The predicted octanol–water partition coefficient (Wildman–Crippen LogP) is 6.44. The van der Waals surface area contributed by atoms with Gasteiger partial charge < -0.3 is 15.2 Å². The molecule has 3 unspecified atom stereocenters. The number of hydrogen-bond donors (Lipinski definition) is 2. The van der Waals surface area contributed by atoms with Crippen LogP contribution in [0.4, 0.5) is 4.79 Å². The van der Waals surface area contributed by atoms with Gasteiger partial charge in [0.2, 0.25) is 0 Å². The summed E-state index contributed by atoms with van der Waals surface area (Å²) >= 11 is 0. The molecule has 0 aromatic carbocycles. The van der Waals surface area contributed by atoms with Crippen molar-refractivity contribution in [3.63, 3.8) is 0 Å². The van der Waals surface area contributed by atoms with Crippen LogP contribution in [-0.2, 0) is 9.53 Å². The summed E-state index contributed by atoms with van der Waals surface area (Å²) < 4.78 is 4.96. The minimum absolute atomic E-state index is 0.00296. The minimum Gasteiger partial charge on any atom is -0.453 e. The smallest absolute Gasteiger partial charge is 0.407 e. The SMILES string of the molecule is COC(=O)N[C@@]1(C)CC[C@]2(C)CC[C@]3(C)C(=CC(=O)C4[C@@]5(C)CC[C@H](O)C(C)(C)C5CC[C@]43C)C2C1. The lowest BCUT2D eigenvalue weighted by molar-refractivity contribution is -0.201. The molecule has 4 fully saturated rings. The Hall–Kier alpha value is -1.36. The molecule has 4 saturated carbocycles. The lowest BCUT2D eigenvalue weighted by Crippen LogP contribution is -2.67. The number of hydrogen-bond acceptors (Lipinski definition) is 4. The zero-order valence-corrected chi connectivity index (χ0v) is 23.9. The van der Waals surface area contributed by atoms with Crippen LogP contribution in [0.15, 0.2) is 11.6 Å². The first-order chi connectivity index (χ1) is 16.6. The largest absolute Gasteiger partial charge is 0.453 e. The fourth-order valence-electron chi connectivity index (χ4n) is 10.6. The molecule has 0 saturated heterocycles. The van der Waals surface area contributed by atoms with Gasteiger partial charge in [-0.25, -0.2) is 4.79 Å². The Morgan fingerprint density at radius 1 is 0.972 bits per heavy atom. The van der Waals surface area contributed by atoms with Crippen LogP contribution in [0.1, 0.15) is 106 Å². The number of carbonyl (C=O) groups is 2. The number of ketones is 1. The van der Waals surface area contributed by atoms with E-state index >= 15 is 0 Å². The summed E-state index contributed by atoms with van der Waals surface area (Å²) in [7, 11) is 1.43. The monoisotopic (exact) mass is 499 g/mol. The van der Waals surface area contributed by atoms with Gasteiger partial charge in [0.05, 0.1) is 13.2 Å². The van der Waals surface area contributed by atoms with Crippen LogP contribution in [0, 0.1) is 44.8 Å². The number of ether oxygens (including phenoxy) is 1. The Morgan fingerprint density at radius 2 is 1.64 bits per heavy atom. The standard InChI is InChI=1S/C31H49NO4/c1-26(2)22-9-12-31(7)24(29(22,5)11-10-23(26)34)21(33)17-19-20-18-28(4,32-25(35)36-8)15-13-27(20,3)14-16-30(19,31)6/h17,20,22-24,34H,9-16,18H2,1-8H3,(H,32,35)/t20?,22?,23-,24?,27+,28-,29-,30+,31+/m0/s1. The zero-order chi connectivity index (χ0) is 26.5. The van der Waals surface area contributed by atoms with E-state index in [-0.39, 0.29) is 56.6 Å². The van der Waals surface area contributed by atoms with E-state index in [4.69, 9.17) is 4.74 Å². The molecule has 0 aliphatic heterocycles. The Kier molecular flexibility index (Phi) is 5.71. The van der Waals surface area contributed by atoms with Crippen molar-refractivity contribution in [2.75, 3.05) is 7.11 Å². The van der Waals surface area contributed by atoms with Crippen molar-refractivity contribution in [1.82, 2.24) is 5.32 Å². The van der Waals surface area contributed by atoms with Crippen LogP contribution in [0.2, 0.25) is 0 Å². The first-order valence-electron chi connectivity index (χ1n) is 14.4. The van der Waals surface area contributed by atoms with Gasteiger partial charge in [0, 0.05) is 11.5 Å². The third kappa shape index (κ3) is 3.29. The van der Waals surface area contributed by atoms with E-state index in [0.29, 0.717) is 11.7 Å². The molecule has 0 radical (unpaired) electrons. The van der Waals surface area contributed by atoms with E-state index < -0.39 is 0 Å². The van der Waals surface area contributed by atoms with Gasteiger partial charge in [-0.3, -0.25) is 4.79 Å². The van der Waals surface area contributed by atoms with Crippen LogP contribution >= 0.6 is 0 Å². The molecule has 0 heterocycles. The van der Waals surface area contributed by atoms with Crippen LogP contribution in [0.25, 0.3) is 0 Å². The molecule has 5 aliphatic rings. The van der Waals surface area contributed by atoms with E-state index in [1.165, 1.54) is 19.1 Å². The zero-order valence-electron chi connectivity index (χ0n) is 23.9. The fourth-order valence-corrected chi connectivity index (χ4v) is 10.6. The van der Waals surface area contributed by atoms with Crippen molar-refractivity contribution >= 4 is 11.9 Å². The Balaban J connectivity index is 1.58. The summed E-state index contributed by atoms with van der Waals surface area (Å²) in [6.07, 6.45) is 10.4. The summed E-state index contributed by atoms with van der Waals surface area (Å²) in [4.78, 5) is 26.5. The second kappa shape index (κ2) is 7.83. The molecular formula is C31H49NO4. The molecule has 5 rings (SSSR count). The highest BCUT2D eigenvalue weighted by molar-refractivity contribution is 5.95. The third-order valence-electron chi connectivity index (χ3n) is 13.1. The lowest BCUT2D eigenvalue weighted by Gasteiger charge is -2.70. The molecule has 5 aliphatic carbocycles. The summed E-state index contributed by atoms with van der Waals surface area (Å²) in [5.74, 6) is 0.952. The van der Waals surface area contributed by atoms with Crippen molar-refractivity contribution in [2.45, 2.75) is 118 Å². The number of amides is 1. The summed E-state index contributed by atoms with van der Waals surface area (Å²) in [6.45, 7) is 16.3. The number of nitrogens with one attached hydrogen (secondary N) is 1. The Bertz CT molecular complexity index is 1000. The number of allylic oxidation sites excluding steroid dienone is 2. The maximum atomic E-state index is 14.3. The highest BCUT2D eigenvalue weighted by Crippen LogP contribution is 2.74. The van der Waals surface area contributed by atoms with Gasteiger partial charge in [-0.1, -0.05) is 47.1 Å². The fraction of sp³-hybridized carbons (Fsp3) is 0.871. The highest BCUT2D eigenvalue weighted by Gasteiger charge is 2.70. The van der Waals surface area contributed by atoms with Crippen molar-refractivity contribution in [3.05, 3.63) is 11.6 Å². The summed E-state index contributed by atoms with van der Waals surface area (Å²) in [5, 5.41) is 14.0. The van der Waals surface area contributed by atoms with Gasteiger partial charge in [-0.15, -0.1) is 0 Å². The van der Waals surface area contributed by atoms with Crippen LogP contribution < -0.4 is 5.32 Å². The van der Waals surface area contributed by atoms with E-state index in [0.717, 1.165) is 51.4 Å². The second-order valence-electron chi connectivity index (χ2n) is 15.2. The molecule has 0 spiro atoms. The van der Waals surface area contributed by atoms with E-state index in [2.05, 4.69) is 59.9 Å². The third-order valence-corrected chi connectivity index (χ3v) is 13.1. The Labute approximate surface area is 218 Å². The Morgan fingerprint density at radius 3 is 2.31 bits per heavy atom. The second-order valence-corrected chi connectivity index (χ2v) is 15.2. The molecular weight excluding hydrogens is 450 g/mol. The van der Waals surface area contributed by atoms with Crippen molar-refractivity contribution in [3.8, 4) is 0 Å². The highest BCUT2D eigenvalue weighted by atomic mass is 16.5. The molecule has 9 atom stereocenters. The molecule has 5 nitrogen and oxygen atoms in total. The maximum absolute atomic E-state index is 14.3. The summed E-state index contributed by atoms with van der Waals surface area (Å²) in [6, 6.07) is 0. The van der Waals surface area contributed by atoms with Crippen molar-refractivity contribution < 1.29 is 19.4 Å². The molecule has 1 amide bonds. The molecule has 0 aromatic rings. The van der Waals surface area contributed by atoms with Crippen molar-refractivity contribution in [2.24, 2.45) is 44.8 Å². The molecule has 202 valence electrons. The van der Waals surface area contributed by atoms with Gasteiger partial charge >= 0.3 is 6.09 Å². The average molecular weight is 500 g/mol. The van der Waals surface area contributed by atoms with E-state index in [9.17, 15) is 14.7 Å². The molecule has 0 bridgehead atoms. The van der Waals surface area contributed by atoms with Gasteiger partial charge in [0.1, 0.15) is 0 Å². The van der Waals surface area contributed by atoms with Gasteiger partial charge in [0.25, 0.3) is 0 Å². The van der Waals surface area contributed by atoms with Crippen LogP contribution in [0.5, 0.6) is 0 Å². The average Bonchev–Trinajstić information content (AvgIpc) is 2.79. The number of carbonyl (C=O) groups excluding carboxylic acids is 2. The van der Waals surface area contributed by atoms with Crippen LogP contribution in [-0.4, -0.2) is 35.7 Å². The number of fused-ring (bicyclic) bond motifs is 7. The quantitative estimate of drug-likeness (QED) is 0.435. The van der Waals surface area contributed by atoms with Gasteiger partial charge in [-0.2, -0.15) is 0 Å². The van der Waals surface area contributed by atoms with Crippen LogP contribution in [0.3, 0.4) is 0 Å². The van der Waals surface area contributed by atoms with E-state index in [1.54, 1.807) is 0 Å². The lowest BCUT2D eigenvalue weighted by atomic mass is 9.33. The topological polar surface area (TPSA) is 75.6 Å². The maximum Gasteiger partial charge on any atom is 0.407 e. The first-order valence-corrected chi connectivity index (χ1v) is 14.4. The number of methoxy groups -OCH3 is 1. The summed E-state index contributed by atoms with van der Waals surface area (Å²) in [5.41, 5.74) is 0.793. The van der Waals surface area contributed by atoms with E-state index in [1.807, 2.05) is 0 Å². The minimum atomic E-state index is -0.367. The normalized spacial score (nSPS) is 51.6. The van der Waals surface area contributed by atoms with Gasteiger partial charge in [-0.05, 0) is 110 Å². The number of aliphatic hydroxyl groups excluding tert-OH is 1. The number of aliphatic hydroxyl groups is 1. The van der Waals surface area contributed by atoms with Crippen molar-refractivity contribution in [1.29, 1.82) is 0 Å². The predicted molar refractivity (Wildman–Crippen MR) is 141 cm³/mol. The number of rotatable bonds is 1.